The number of hydrogen-bond acceptors (Lipinski definition) is 3. The molecule has 0 bridgehead atoms. The highest BCUT2D eigenvalue weighted by molar-refractivity contribution is 5.73. The lowest BCUT2D eigenvalue weighted by molar-refractivity contribution is -0.118. The number of hydrogen-bond donors (Lipinski definition) is 3. The summed E-state index contributed by atoms with van der Waals surface area (Å²) < 4.78 is 12.7. The van der Waals surface area contributed by atoms with Crippen LogP contribution >= 0.6 is 0 Å². The highest BCUT2D eigenvalue weighted by atomic mass is 19.1. The first kappa shape index (κ1) is 14.6. The molecule has 5 heteroatoms. The van der Waals surface area contributed by atoms with Gasteiger partial charge in [0, 0.05) is 13.0 Å². The zero-order chi connectivity index (χ0) is 13.4. The Balaban J connectivity index is 2.15. The van der Waals surface area contributed by atoms with Gasteiger partial charge in [0.15, 0.2) is 0 Å². The molecule has 100 valence electrons. The van der Waals surface area contributed by atoms with E-state index in [-0.39, 0.29) is 11.7 Å². The monoisotopic (exact) mass is 254 g/mol. The summed E-state index contributed by atoms with van der Waals surface area (Å²) in [5.41, 5.74) is 5.70. The zero-order valence-corrected chi connectivity index (χ0v) is 10.2. The van der Waals surface area contributed by atoms with Gasteiger partial charge >= 0.3 is 0 Å². The van der Waals surface area contributed by atoms with Crippen molar-refractivity contribution >= 4 is 5.91 Å². The van der Waals surface area contributed by atoms with Gasteiger partial charge in [0.1, 0.15) is 5.82 Å². The first-order valence-corrected chi connectivity index (χ1v) is 6.02. The van der Waals surface area contributed by atoms with Crippen molar-refractivity contribution in [1.29, 1.82) is 0 Å². The second-order valence-electron chi connectivity index (χ2n) is 4.19. The number of nitrogens with two attached hydrogens (primary N) is 1. The number of carbonyl (C=O) groups excluding carboxylic acids is 1. The standard InChI is InChI=1S/C13H19FN2O2/c14-11-6-4-10(5-7-11)12(17)9-16-8-2-1-3-13(15)18/h4-7,12,16-17H,1-3,8-9H2,(H2,15,18). The first-order valence-electron chi connectivity index (χ1n) is 6.02. The number of aliphatic hydroxyl groups is 1. The predicted octanol–water partition coefficient (Wildman–Crippen LogP) is 1.10. The Hall–Kier alpha value is -1.46. The van der Waals surface area contributed by atoms with E-state index in [1.807, 2.05) is 0 Å². The van der Waals surface area contributed by atoms with Gasteiger partial charge in [-0.1, -0.05) is 12.1 Å². The predicted molar refractivity (Wildman–Crippen MR) is 67.3 cm³/mol. The van der Waals surface area contributed by atoms with E-state index >= 15 is 0 Å². The maximum absolute atomic E-state index is 12.7. The van der Waals surface area contributed by atoms with Crippen LogP contribution in [0.2, 0.25) is 0 Å². The second kappa shape index (κ2) is 7.79. The van der Waals surface area contributed by atoms with E-state index in [1.54, 1.807) is 12.1 Å². The van der Waals surface area contributed by atoms with Gasteiger partial charge in [-0.25, -0.2) is 4.39 Å². The Morgan fingerprint density at radius 2 is 2.00 bits per heavy atom. The van der Waals surface area contributed by atoms with Crippen LogP contribution < -0.4 is 11.1 Å². The fourth-order valence-corrected chi connectivity index (χ4v) is 1.59. The van der Waals surface area contributed by atoms with Crippen LogP contribution in [-0.2, 0) is 4.79 Å². The van der Waals surface area contributed by atoms with E-state index in [9.17, 15) is 14.3 Å². The minimum atomic E-state index is -0.651. The summed E-state index contributed by atoms with van der Waals surface area (Å²) in [4.78, 5) is 10.5. The van der Waals surface area contributed by atoms with E-state index in [1.165, 1.54) is 12.1 Å². The van der Waals surface area contributed by atoms with Crippen LogP contribution in [0.25, 0.3) is 0 Å². The molecule has 0 spiro atoms. The molecule has 0 aliphatic rings. The van der Waals surface area contributed by atoms with Gasteiger partial charge < -0.3 is 16.2 Å². The minimum absolute atomic E-state index is 0.290. The van der Waals surface area contributed by atoms with Crippen LogP contribution in [0.3, 0.4) is 0 Å². The average molecular weight is 254 g/mol. The second-order valence-corrected chi connectivity index (χ2v) is 4.19. The van der Waals surface area contributed by atoms with E-state index in [0.717, 1.165) is 12.8 Å². The molecule has 0 heterocycles. The normalized spacial score (nSPS) is 12.3. The Labute approximate surface area is 106 Å². The van der Waals surface area contributed by atoms with Crippen molar-refractivity contribution in [2.24, 2.45) is 5.73 Å². The topological polar surface area (TPSA) is 75.4 Å². The van der Waals surface area contributed by atoms with Crippen LogP contribution in [0.5, 0.6) is 0 Å². The lowest BCUT2D eigenvalue weighted by Crippen LogP contribution is -2.22. The molecule has 1 amide bonds. The smallest absolute Gasteiger partial charge is 0.217 e. The maximum Gasteiger partial charge on any atom is 0.217 e. The third kappa shape index (κ3) is 5.75. The number of halogens is 1. The molecule has 0 fully saturated rings. The van der Waals surface area contributed by atoms with Crippen molar-refractivity contribution in [2.45, 2.75) is 25.4 Å². The van der Waals surface area contributed by atoms with Crippen molar-refractivity contribution in [3.8, 4) is 0 Å². The van der Waals surface area contributed by atoms with Gasteiger partial charge in [-0.05, 0) is 37.1 Å². The third-order valence-electron chi connectivity index (χ3n) is 2.62. The van der Waals surface area contributed by atoms with Crippen molar-refractivity contribution in [1.82, 2.24) is 5.32 Å². The lowest BCUT2D eigenvalue weighted by Gasteiger charge is -2.12. The van der Waals surface area contributed by atoms with Gasteiger partial charge in [-0.2, -0.15) is 0 Å². The molecule has 0 saturated carbocycles. The van der Waals surface area contributed by atoms with Crippen LogP contribution in [0.4, 0.5) is 4.39 Å². The summed E-state index contributed by atoms with van der Waals surface area (Å²) >= 11 is 0. The summed E-state index contributed by atoms with van der Waals surface area (Å²) in [5, 5.41) is 12.9. The molecule has 0 saturated heterocycles. The van der Waals surface area contributed by atoms with E-state index in [0.29, 0.717) is 25.1 Å². The van der Waals surface area contributed by atoms with Crippen molar-refractivity contribution in [2.75, 3.05) is 13.1 Å². The number of aliphatic hydroxyl groups excluding tert-OH is 1. The van der Waals surface area contributed by atoms with Crippen molar-refractivity contribution in [3.63, 3.8) is 0 Å². The first-order chi connectivity index (χ1) is 8.59. The quantitative estimate of drug-likeness (QED) is 0.608. The Morgan fingerprint density at radius 1 is 1.33 bits per heavy atom. The molecule has 4 N–H and O–H groups in total. The van der Waals surface area contributed by atoms with Gasteiger partial charge in [0.05, 0.1) is 6.10 Å². The lowest BCUT2D eigenvalue weighted by atomic mass is 10.1. The van der Waals surface area contributed by atoms with Crippen LogP contribution in [0.1, 0.15) is 30.9 Å². The number of rotatable bonds is 8. The fraction of sp³-hybridized carbons (Fsp3) is 0.462. The van der Waals surface area contributed by atoms with Crippen molar-refractivity contribution in [3.05, 3.63) is 35.6 Å². The van der Waals surface area contributed by atoms with Gasteiger partial charge in [0.2, 0.25) is 5.91 Å². The van der Waals surface area contributed by atoms with E-state index in [4.69, 9.17) is 5.73 Å². The highest BCUT2D eigenvalue weighted by Crippen LogP contribution is 2.12. The number of unbranched alkanes of at least 4 members (excludes halogenated alkanes) is 1. The number of nitrogens with one attached hydrogen (secondary N) is 1. The average Bonchev–Trinajstić information content (AvgIpc) is 2.34. The number of primary amides is 1. The van der Waals surface area contributed by atoms with Crippen molar-refractivity contribution < 1.29 is 14.3 Å². The number of benzene rings is 1. The van der Waals surface area contributed by atoms with Gasteiger partial charge in [-0.3, -0.25) is 4.79 Å². The Morgan fingerprint density at radius 3 is 2.61 bits per heavy atom. The fourth-order valence-electron chi connectivity index (χ4n) is 1.59. The summed E-state index contributed by atoms with van der Waals surface area (Å²) in [6.07, 6.45) is 1.32. The molecule has 1 aromatic rings. The number of amides is 1. The summed E-state index contributed by atoms with van der Waals surface area (Å²) in [6, 6.07) is 5.78. The molecular formula is C13H19FN2O2. The largest absolute Gasteiger partial charge is 0.387 e. The SMILES string of the molecule is NC(=O)CCCCNCC(O)c1ccc(F)cc1. The molecule has 0 aliphatic carbocycles. The summed E-state index contributed by atoms with van der Waals surface area (Å²) in [5.74, 6) is -0.605. The van der Waals surface area contributed by atoms with Crippen LogP contribution in [0, 0.1) is 5.82 Å². The van der Waals surface area contributed by atoms with Gasteiger partial charge in [-0.15, -0.1) is 0 Å². The molecule has 0 aromatic heterocycles. The molecule has 4 nitrogen and oxygen atoms in total. The molecule has 1 unspecified atom stereocenters. The summed E-state index contributed by atoms with van der Waals surface area (Å²) in [6.45, 7) is 1.12. The van der Waals surface area contributed by atoms with E-state index < -0.39 is 6.10 Å². The molecule has 0 radical (unpaired) electrons. The molecule has 1 aromatic carbocycles. The Kier molecular flexibility index (Phi) is 6.32. The maximum atomic E-state index is 12.7. The summed E-state index contributed by atoms with van der Waals surface area (Å²) in [7, 11) is 0. The molecule has 0 aliphatic heterocycles. The minimum Gasteiger partial charge on any atom is -0.387 e. The molecule has 18 heavy (non-hydrogen) atoms. The molecule has 1 atom stereocenters. The zero-order valence-electron chi connectivity index (χ0n) is 10.2. The van der Waals surface area contributed by atoms with Gasteiger partial charge in [0.25, 0.3) is 0 Å². The van der Waals surface area contributed by atoms with Crippen LogP contribution in [-0.4, -0.2) is 24.1 Å². The molecular weight excluding hydrogens is 235 g/mol. The third-order valence-corrected chi connectivity index (χ3v) is 2.62. The Bertz CT molecular complexity index is 368. The number of carbonyl (C=O) groups is 1. The van der Waals surface area contributed by atoms with E-state index in [2.05, 4.69) is 5.32 Å². The van der Waals surface area contributed by atoms with Crippen LogP contribution in [0.15, 0.2) is 24.3 Å². The molecule has 1 rings (SSSR count). The highest BCUT2D eigenvalue weighted by Gasteiger charge is 2.06.